The second kappa shape index (κ2) is 6.35. The summed E-state index contributed by atoms with van der Waals surface area (Å²) in [7, 11) is 0. The lowest BCUT2D eigenvalue weighted by molar-refractivity contribution is -0.119. The van der Waals surface area contributed by atoms with Gasteiger partial charge in [0.15, 0.2) is 0 Å². The largest absolute Gasteiger partial charge is 0.493 e. The Balaban J connectivity index is 1.27. The van der Waals surface area contributed by atoms with E-state index < -0.39 is 0 Å². The predicted molar refractivity (Wildman–Crippen MR) is 99.8 cm³/mol. The van der Waals surface area contributed by atoms with E-state index in [1.165, 1.54) is 29.7 Å². The smallest absolute Gasteiger partial charge is 0.139 e. The number of Topliss-reactive ketones (excluding diaryl/α,β-unsaturated/α-hetero) is 1. The Morgan fingerprint density at radius 1 is 1.19 bits per heavy atom. The molecule has 5 rings (SSSR count). The molecule has 0 amide bonds. The quantitative estimate of drug-likeness (QED) is 0.826. The minimum absolute atomic E-state index is 0.250. The number of ketones is 1. The molecular weight excluding hydrogens is 324 g/mol. The fraction of sp³-hybridized carbons (Fsp3) is 0.409. The summed E-state index contributed by atoms with van der Waals surface area (Å²) in [5, 5.41) is 0. The van der Waals surface area contributed by atoms with E-state index in [1.807, 2.05) is 24.4 Å². The number of hydrogen-bond donors (Lipinski definition) is 0. The molecule has 2 aliphatic heterocycles. The highest BCUT2D eigenvalue weighted by Gasteiger charge is 2.32. The molecule has 0 saturated heterocycles. The second-order valence-corrected chi connectivity index (χ2v) is 7.60. The Bertz CT molecular complexity index is 899. The molecule has 132 valence electrons. The second-order valence-electron chi connectivity index (χ2n) is 7.60. The number of aromatic nitrogens is 1. The fourth-order valence-corrected chi connectivity index (χ4v) is 4.14. The number of para-hydroxylation sites is 1. The van der Waals surface area contributed by atoms with Crippen LogP contribution >= 0.6 is 0 Å². The number of carbonyl (C=O) groups excluding carboxylic acids is 1. The Morgan fingerprint density at radius 3 is 2.96 bits per heavy atom. The Labute approximate surface area is 153 Å². The lowest BCUT2D eigenvalue weighted by Gasteiger charge is -2.25. The van der Waals surface area contributed by atoms with Crippen LogP contribution in [0.2, 0.25) is 0 Å². The lowest BCUT2D eigenvalue weighted by atomic mass is 9.88. The van der Waals surface area contributed by atoms with Gasteiger partial charge in [0.1, 0.15) is 11.5 Å². The van der Waals surface area contributed by atoms with Gasteiger partial charge in [0, 0.05) is 41.9 Å². The zero-order valence-corrected chi connectivity index (χ0v) is 14.8. The third-order valence-electron chi connectivity index (χ3n) is 5.64. The maximum atomic E-state index is 12.7. The number of aliphatic imine (C=N–C) groups is 1. The van der Waals surface area contributed by atoms with E-state index in [4.69, 9.17) is 4.74 Å². The molecule has 4 nitrogen and oxygen atoms in total. The van der Waals surface area contributed by atoms with Gasteiger partial charge in [-0.2, -0.15) is 0 Å². The SMILES string of the molecule is O=C(Cc1cc2c(cn1)C(C1CC1)=NC2)C[C@@H]1CCOc2ccccc21. The van der Waals surface area contributed by atoms with Crippen LogP contribution in [0.25, 0.3) is 0 Å². The molecule has 0 radical (unpaired) electrons. The normalized spacial score (nSPS) is 20.8. The lowest BCUT2D eigenvalue weighted by Crippen LogP contribution is -2.18. The van der Waals surface area contributed by atoms with Crippen LogP contribution in [0.1, 0.15) is 54.0 Å². The Kier molecular flexibility index (Phi) is 3.84. The molecule has 1 atom stereocenters. The predicted octanol–water partition coefficient (Wildman–Crippen LogP) is 3.86. The number of ether oxygens (including phenoxy) is 1. The summed E-state index contributed by atoms with van der Waals surface area (Å²) in [6.07, 6.45) is 6.31. The van der Waals surface area contributed by atoms with Crippen molar-refractivity contribution in [2.24, 2.45) is 10.9 Å². The number of carbonyl (C=O) groups is 1. The number of fused-ring (bicyclic) bond motifs is 2. The molecule has 1 aromatic carbocycles. The maximum Gasteiger partial charge on any atom is 0.139 e. The van der Waals surface area contributed by atoms with E-state index in [9.17, 15) is 4.79 Å². The van der Waals surface area contributed by atoms with Gasteiger partial charge in [0.05, 0.1) is 13.2 Å². The van der Waals surface area contributed by atoms with Gasteiger partial charge in [-0.1, -0.05) is 18.2 Å². The van der Waals surface area contributed by atoms with Gasteiger partial charge in [0.25, 0.3) is 0 Å². The van der Waals surface area contributed by atoms with Crippen LogP contribution in [0.5, 0.6) is 5.75 Å². The summed E-state index contributed by atoms with van der Waals surface area (Å²) in [6.45, 7) is 1.44. The maximum absolute atomic E-state index is 12.7. The Morgan fingerprint density at radius 2 is 2.08 bits per heavy atom. The van der Waals surface area contributed by atoms with Crippen LogP contribution in [0.4, 0.5) is 0 Å². The fourth-order valence-electron chi connectivity index (χ4n) is 4.14. The van der Waals surface area contributed by atoms with Crippen molar-refractivity contribution in [3.8, 4) is 5.75 Å². The third kappa shape index (κ3) is 2.94. The van der Waals surface area contributed by atoms with Crippen molar-refractivity contribution in [2.45, 2.75) is 44.6 Å². The zero-order chi connectivity index (χ0) is 17.5. The molecule has 26 heavy (non-hydrogen) atoms. The molecule has 3 heterocycles. The van der Waals surface area contributed by atoms with Crippen molar-refractivity contribution in [3.05, 3.63) is 58.9 Å². The van der Waals surface area contributed by atoms with Crippen LogP contribution < -0.4 is 4.74 Å². The molecule has 0 bridgehead atoms. The minimum atomic E-state index is 0.250. The first-order valence-electron chi connectivity index (χ1n) is 9.54. The molecule has 4 heteroatoms. The van der Waals surface area contributed by atoms with Gasteiger partial charge in [-0.15, -0.1) is 0 Å². The minimum Gasteiger partial charge on any atom is -0.493 e. The molecule has 1 fully saturated rings. The number of pyridine rings is 1. The molecule has 1 saturated carbocycles. The van der Waals surface area contributed by atoms with Crippen molar-refractivity contribution in [1.29, 1.82) is 0 Å². The van der Waals surface area contributed by atoms with Crippen LogP contribution in [0.3, 0.4) is 0 Å². The average Bonchev–Trinajstić information content (AvgIpc) is 3.41. The number of rotatable bonds is 5. The van der Waals surface area contributed by atoms with Crippen LogP contribution in [0, 0.1) is 5.92 Å². The van der Waals surface area contributed by atoms with Crippen molar-refractivity contribution in [1.82, 2.24) is 4.98 Å². The molecule has 2 aromatic rings. The first-order valence-corrected chi connectivity index (χ1v) is 9.54. The highest BCUT2D eigenvalue weighted by atomic mass is 16.5. The number of nitrogens with zero attached hydrogens (tertiary/aromatic N) is 2. The van der Waals surface area contributed by atoms with Gasteiger partial charge < -0.3 is 4.74 Å². The molecule has 3 aliphatic rings. The topological polar surface area (TPSA) is 51.5 Å². The molecular formula is C22H22N2O2. The molecule has 0 N–H and O–H groups in total. The van der Waals surface area contributed by atoms with E-state index in [1.54, 1.807) is 0 Å². The van der Waals surface area contributed by atoms with Crippen LogP contribution in [0.15, 0.2) is 41.5 Å². The number of benzene rings is 1. The third-order valence-corrected chi connectivity index (χ3v) is 5.64. The summed E-state index contributed by atoms with van der Waals surface area (Å²) in [6, 6.07) is 10.2. The summed E-state index contributed by atoms with van der Waals surface area (Å²) in [5.41, 5.74) is 5.73. The first-order chi connectivity index (χ1) is 12.8. The van der Waals surface area contributed by atoms with Gasteiger partial charge in [-0.25, -0.2) is 0 Å². The summed E-state index contributed by atoms with van der Waals surface area (Å²) < 4.78 is 5.70. The van der Waals surface area contributed by atoms with E-state index in [-0.39, 0.29) is 11.7 Å². The standard InChI is InChI=1S/C22H22N2O2/c25-18(10-15-7-8-26-21-4-2-1-3-19(15)21)11-17-9-16-12-24-22(14-5-6-14)20(16)13-23-17/h1-4,9,13-15H,5-8,10-12H2/t15-/m0/s1. The van der Waals surface area contributed by atoms with Gasteiger partial charge >= 0.3 is 0 Å². The van der Waals surface area contributed by atoms with E-state index in [2.05, 4.69) is 22.1 Å². The molecule has 1 aromatic heterocycles. The van der Waals surface area contributed by atoms with E-state index >= 15 is 0 Å². The van der Waals surface area contributed by atoms with Gasteiger partial charge in [0.2, 0.25) is 0 Å². The highest BCUT2D eigenvalue weighted by molar-refractivity contribution is 6.06. The van der Waals surface area contributed by atoms with Crippen LogP contribution in [-0.4, -0.2) is 23.1 Å². The van der Waals surface area contributed by atoms with Crippen molar-refractivity contribution in [3.63, 3.8) is 0 Å². The van der Waals surface area contributed by atoms with Crippen molar-refractivity contribution in [2.75, 3.05) is 6.61 Å². The average molecular weight is 346 g/mol. The van der Waals surface area contributed by atoms with Crippen molar-refractivity contribution < 1.29 is 9.53 Å². The first kappa shape index (κ1) is 15.7. The van der Waals surface area contributed by atoms with E-state index in [0.29, 0.717) is 25.4 Å². The summed E-state index contributed by atoms with van der Waals surface area (Å²) in [5.74, 6) is 2.09. The highest BCUT2D eigenvalue weighted by Crippen LogP contribution is 2.37. The van der Waals surface area contributed by atoms with Crippen molar-refractivity contribution >= 4 is 11.5 Å². The van der Waals surface area contributed by atoms with Gasteiger partial charge in [-0.3, -0.25) is 14.8 Å². The zero-order valence-electron chi connectivity index (χ0n) is 14.8. The van der Waals surface area contributed by atoms with Crippen LogP contribution in [-0.2, 0) is 17.8 Å². The van der Waals surface area contributed by atoms with E-state index in [0.717, 1.165) is 30.0 Å². The monoisotopic (exact) mass is 346 g/mol. The summed E-state index contributed by atoms with van der Waals surface area (Å²) >= 11 is 0. The molecule has 1 aliphatic carbocycles. The van der Waals surface area contributed by atoms with Gasteiger partial charge in [-0.05, 0) is 48.4 Å². The molecule has 0 unspecified atom stereocenters. The summed E-state index contributed by atoms with van der Waals surface area (Å²) in [4.78, 5) is 21.9. The number of hydrogen-bond acceptors (Lipinski definition) is 4. The molecule has 0 spiro atoms. The Hall–Kier alpha value is -2.49.